The Morgan fingerprint density at radius 3 is 2.95 bits per heavy atom. The number of carbonyl (C=O) groups excluding carboxylic acids is 1. The second-order valence-corrected chi connectivity index (χ2v) is 5.46. The first-order chi connectivity index (χ1) is 10.2. The van der Waals surface area contributed by atoms with E-state index in [4.69, 9.17) is 10.00 Å². The van der Waals surface area contributed by atoms with Gasteiger partial charge in [-0.25, -0.2) is 0 Å². The third kappa shape index (κ3) is 5.54. The van der Waals surface area contributed by atoms with Crippen LogP contribution < -0.4 is 5.32 Å². The summed E-state index contributed by atoms with van der Waals surface area (Å²) in [7, 11) is 1.89. The molecule has 1 fully saturated rings. The zero-order chi connectivity index (χ0) is 15.1. The van der Waals surface area contributed by atoms with Gasteiger partial charge in [-0.05, 0) is 37.9 Å². The smallest absolute Gasteiger partial charge is 0.238 e. The van der Waals surface area contributed by atoms with E-state index in [9.17, 15) is 4.79 Å². The van der Waals surface area contributed by atoms with Crippen LogP contribution in [0, 0.1) is 17.2 Å². The molecule has 2 rings (SSSR count). The maximum Gasteiger partial charge on any atom is 0.238 e. The van der Waals surface area contributed by atoms with E-state index in [0.717, 1.165) is 19.1 Å². The minimum Gasteiger partial charge on any atom is -0.380 e. The number of hydrogen-bond donors (Lipinski definition) is 1. The number of rotatable bonds is 8. The van der Waals surface area contributed by atoms with Crippen LogP contribution in [0.2, 0.25) is 0 Å². The van der Waals surface area contributed by atoms with Crippen molar-refractivity contribution in [1.29, 1.82) is 5.26 Å². The van der Waals surface area contributed by atoms with E-state index in [-0.39, 0.29) is 12.5 Å². The highest BCUT2D eigenvalue weighted by Crippen LogP contribution is 2.28. The highest BCUT2D eigenvalue weighted by atomic mass is 16.5. The summed E-state index contributed by atoms with van der Waals surface area (Å²) in [5, 5.41) is 11.7. The molecule has 5 heteroatoms. The average molecular weight is 287 g/mol. The number of ether oxygens (including phenoxy) is 1. The molecule has 0 radical (unpaired) electrons. The molecule has 1 amide bonds. The monoisotopic (exact) mass is 287 g/mol. The zero-order valence-electron chi connectivity index (χ0n) is 12.3. The number of amides is 1. The fourth-order valence-electron chi connectivity index (χ4n) is 1.96. The minimum atomic E-state index is -0.123. The maximum atomic E-state index is 11.9. The summed E-state index contributed by atoms with van der Waals surface area (Å²) in [6, 6.07) is 9.05. The lowest BCUT2D eigenvalue weighted by molar-refractivity contribution is -0.117. The van der Waals surface area contributed by atoms with Crippen LogP contribution in [0.15, 0.2) is 24.3 Å². The lowest BCUT2D eigenvalue weighted by Crippen LogP contribution is -2.32. The summed E-state index contributed by atoms with van der Waals surface area (Å²) >= 11 is 0. The van der Waals surface area contributed by atoms with Crippen LogP contribution in [0.5, 0.6) is 0 Å². The molecule has 1 saturated carbocycles. The Hall–Kier alpha value is -1.90. The van der Waals surface area contributed by atoms with Gasteiger partial charge in [0.25, 0.3) is 0 Å². The van der Waals surface area contributed by atoms with Crippen molar-refractivity contribution in [3.8, 4) is 6.07 Å². The molecule has 0 aliphatic heterocycles. The topological polar surface area (TPSA) is 65.4 Å². The molecule has 112 valence electrons. The standard InChI is InChI=1S/C16H21N3O2/c1-19(8-9-21-12-13-6-7-13)11-16(20)18-15-5-3-2-4-14(15)10-17/h2-5,13H,6-9,11-12H2,1H3,(H,18,20). The Bertz CT molecular complexity index is 520. The average Bonchev–Trinajstić information content (AvgIpc) is 3.28. The minimum absolute atomic E-state index is 0.123. The third-order valence-electron chi connectivity index (χ3n) is 3.40. The Morgan fingerprint density at radius 1 is 1.48 bits per heavy atom. The van der Waals surface area contributed by atoms with Gasteiger partial charge in [-0.3, -0.25) is 9.69 Å². The first-order valence-electron chi connectivity index (χ1n) is 7.24. The van der Waals surface area contributed by atoms with Crippen molar-refractivity contribution >= 4 is 11.6 Å². The summed E-state index contributed by atoms with van der Waals surface area (Å²) in [5.74, 6) is 0.642. The van der Waals surface area contributed by atoms with Crippen LogP contribution in [0.1, 0.15) is 18.4 Å². The Balaban J connectivity index is 1.69. The number of hydrogen-bond acceptors (Lipinski definition) is 4. The van der Waals surface area contributed by atoms with Gasteiger partial charge in [0.1, 0.15) is 6.07 Å². The number of benzene rings is 1. The van der Waals surface area contributed by atoms with Crippen LogP contribution in [-0.4, -0.2) is 44.2 Å². The van der Waals surface area contributed by atoms with E-state index in [1.54, 1.807) is 24.3 Å². The first-order valence-corrected chi connectivity index (χ1v) is 7.24. The number of carbonyl (C=O) groups is 1. The van der Waals surface area contributed by atoms with E-state index < -0.39 is 0 Å². The van der Waals surface area contributed by atoms with Crippen LogP contribution in [0.3, 0.4) is 0 Å². The molecule has 0 aromatic heterocycles. The van der Waals surface area contributed by atoms with Crippen LogP contribution in [0.4, 0.5) is 5.69 Å². The van der Waals surface area contributed by atoms with E-state index in [1.807, 2.05) is 11.9 Å². The third-order valence-corrected chi connectivity index (χ3v) is 3.40. The van der Waals surface area contributed by atoms with Gasteiger partial charge in [0.05, 0.1) is 24.4 Å². The molecule has 0 saturated heterocycles. The van der Waals surface area contributed by atoms with Crippen molar-refractivity contribution in [3.05, 3.63) is 29.8 Å². The fraction of sp³-hybridized carbons (Fsp3) is 0.500. The molecule has 0 spiro atoms. The number of nitrogens with zero attached hydrogens (tertiary/aromatic N) is 2. The molecule has 5 nitrogen and oxygen atoms in total. The van der Waals surface area contributed by atoms with Gasteiger partial charge in [0.15, 0.2) is 0 Å². The van der Waals surface area contributed by atoms with Crippen molar-refractivity contribution in [2.24, 2.45) is 5.92 Å². The van der Waals surface area contributed by atoms with E-state index in [0.29, 0.717) is 17.9 Å². The zero-order valence-corrected chi connectivity index (χ0v) is 12.3. The first kappa shape index (κ1) is 15.5. The number of nitrogens with one attached hydrogen (secondary N) is 1. The number of para-hydroxylation sites is 1. The molecule has 1 aromatic carbocycles. The Kier molecular flexibility index (Phi) is 5.73. The van der Waals surface area contributed by atoms with Crippen molar-refractivity contribution < 1.29 is 9.53 Å². The van der Waals surface area contributed by atoms with Crippen LogP contribution in [-0.2, 0) is 9.53 Å². The van der Waals surface area contributed by atoms with Crippen LogP contribution in [0.25, 0.3) is 0 Å². The highest BCUT2D eigenvalue weighted by Gasteiger charge is 2.21. The van der Waals surface area contributed by atoms with Gasteiger partial charge in [-0.2, -0.15) is 5.26 Å². The highest BCUT2D eigenvalue weighted by molar-refractivity contribution is 5.93. The van der Waals surface area contributed by atoms with E-state index in [2.05, 4.69) is 11.4 Å². The lowest BCUT2D eigenvalue weighted by atomic mass is 10.2. The number of likely N-dealkylation sites (N-methyl/N-ethyl adjacent to an activating group) is 1. The molecule has 1 N–H and O–H groups in total. The van der Waals surface area contributed by atoms with Gasteiger partial charge < -0.3 is 10.1 Å². The quantitative estimate of drug-likeness (QED) is 0.741. The summed E-state index contributed by atoms with van der Waals surface area (Å²) < 4.78 is 5.55. The molecule has 0 heterocycles. The molecule has 0 unspecified atom stereocenters. The molecule has 1 aliphatic rings. The van der Waals surface area contributed by atoms with Gasteiger partial charge in [0.2, 0.25) is 5.91 Å². The van der Waals surface area contributed by atoms with Crippen molar-refractivity contribution in [2.75, 3.05) is 38.7 Å². The predicted molar refractivity (Wildman–Crippen MR) is 80.8 cm³/mol. The molecule has 0 bridgehead atoms. The summed E-state index contributed by atoms with van der Waals surface area (Å²) in [5.41, 5.74) is 1.03. The molecule has 0 atom stereocenters. The van der Waals surface area contributed by atoms with Crippen LogP contribution >= 0.6 is 0 Å². The molecule has 1 aliphatic carbocycles. The van der Waals surface area contributed by atoms with Gasteiger partial charge >= 0.3 is 0 Å². The maximum absolute atomic E-state index is 11.9. The normalized spacial score (nSPS) is 14.0. The second kappa shape index (κ2) is 7.77. The second-order valence-electron chi connectivity index (χ2n) is 5.46. The van der Waals surface area contributed by atoms with E-state index in [1.165, 1.54) is 12.8 Å². The predicted octanol–water partition coefficient (Wildman–Crippen LogP) is 1.86. The Labute approximate surface area is 125 Å². The molecular formula is C16H21N3O2. The number of anilines is 1. The van der Waals surface area contributed by atoms with Gasteiger partial charge in [0, 0.05) is 13.2 Å². The van der Waals surface area contributed by atoms with Gasteiger partial charge in [-0.15, -0.1) is 0 Å². The van der Waals surface area contributed by atoms with Crippen molar-refractivity contribution in [2.45, 2.75) is 12.8 Å². The van der Waals surface area contributed by atoms with Crippen molar-refractivity contribution in [3.63, 3.8) is 0 Å². The summed E-state index contributed by atoms with van der Waals surface area (Å²) in [6.45, 7) is 2.50. The van der Waals surface area contributed by atoms with E-state index >= 15 is 0 Å². The number of nitriles is 1. The fourth-order valence-corrected chi connectivity index (χ4v) is 1.96. The Morgan fingerprint density at radius 2 is 2.24 bits per heavy atom. The summed E-state index contributed by atoms with van der Waals surface area (Å²) in [6.07, 6.45) is 2.58. The lowest BCUT2D eigenvalue weighted by Gasteiger charge is -2.16. The molecule has 21 heavy (non-hydrogen) atoms. The summed E-state index contributed by atoms with van der Waals surface area (Å²) in [4.78, 5) is 13.9. The SMILES string of the molecule is CN(CCOCC1CC1)CC(=O)Nc1ccccc1C#N. The van der Waals surface area contributed by atoms with Crippen molar-refractivity contribution in [1.82, 2.24) is 4.90 Å². The molecular weight excluding hydrogens is 266 g/mol. The molecule has 1 aromatic rings. The largest absolute Gasteiger partial charge is 0.380 e. The van der Waals surface area contributed by atoms with Gasteiger partial charge in [-0.1, -0.05) is 12.1 Å².